The second-order valence-corrected chi connectivity index (χ2v) is 2.08. The summed E-state index contributed by atoms with van der Waals surface area (Å²) in [4.78, 5) is 6.03. The van der Waals surface area contributed by atoms with Gasteiger partial charge in [-0.25, -0.2) is 4.99 Å². The summed E-state index contributed by atoms with van der Waals surface area (Å²) in [5, 5.41) is 2.96. The van der Waals surface area contributed by atoms with E-state index < -0.39 is 0 Å². The Hall–Kier alpha value is -0.990. The van der Waals surface area contributed by atoms with Gasteiger partial charge in [-0.15, -0.1) is 0 Å². The fourth-order valence-electron chi connectivity index (χ4n) is 0.549. The van der Waals surface area contributed by atoms with Crippen molar-refractivity contribution in [2.24, 2.45) is 4.99 Å². The molecule has 0 saturated heterocycles. The van der Waals surface area contributed by atoms with Crippen molar-refractivity contribution in [2.45, 2.75) is 6.92 Å². The third-order valence-electron chi connectivity index (χ3n) is 0.993. The van der Waals surface area contributed by atoms with E-state index in [2.05, 4.69) is 10.3 Å². The summed E-state index contributed by atoms with van der Waals surface area (Å²) in [6, 6.07) is 0. The summed E-state index contributed by atoms with van der Waals surface area (Å²) >= 11 is 0. The molecule has 0 rings (SSSR count). The van der Waals surface area contributed by atoms with E-state index in [4.69, 9.17) is 0 Å². The van der Waals surface area contributed by atoms with Crippen LogP contribution in [0.15, 0.2) is 17.3 Å². The van der Waals surface area contributed by atoms with E-state index in [1.165, 1.54) is 0 Å². The Bertz CT molecular complexity index is 136. The molecule has 0 radical (unpaired) electrons. The van der Waals surface area contributed by atoms with Crippen LogP contribution in [0, 0.1) is 0 Å². The van der Waals surface area contributed by atoms with Gasteiger partial charge in [0.25, 0.3) is 0 Å². The molecule has 0 amide bonds. The van der Waals surface area contributed by atoms with Gasteiger partial charge in [-0.1, -0.05) is 6.08 Å². The summed E-state index contributed by atoms with van der Waals surface area (Å²) < 4.78 is 0. The highest BCUT2D eigenvalue weighted by molar-refractivity contribution is 5.79. The van der Waals surface area contributed by atoms with Crippen molar-refractivity contribution < 1.29 is 0 Å². The maximum Gasteiger partial charge on any atom is 0.197 e. The van der Waals surface area contributed by atoms with Crippen LogP contribution in [0.25, 0.3) is 0 Å². The van der Waals surface area contributed by atoms with Gasteiger partial charge in [0.15, 0.2) is 5.96 Å². The average molecular weight is 141 g/mol. The van der Waals surface area contributed by atoms with Crippen molar-refractivity contribution in [1.82, 2.24) is 10.2 Å². The van der Waals surface area contributed by atoms with Gasteiger partial charge >= 0.3 is 0 Å². The van der Waals surface area contributed by atoms with Crippen molar-refractivity contribution in [3.05, 3.63) is 12.3 Å². The molecule has 1 N–H and O–H groups in total. The van der Waals surface area contributed by atoms with Crippen molar-refractivity contribution in [2.75, 3.05) is 21.1 Å². The number of hydrogen-bond acceptors (Lipinski definition) is 1. The minimum absolute atomic E-state index is 0.859. The van der Waals surface area contributed by atoms with E-state index in [1.54, 1.807) is 6.20 Å². The highest BCUT2D eigenvalue weighted by Crippen LogP contribution is 1.80. The number of nitrogens with zero attached hydrogens (tertiary/aromatic N) is 2. The molecule has 10 heavy (non-hydrogen) atoms. The van der Waals surface area contributed by atoms with Gasteiger partial charge in [0.1, 0.15) is 0 Å². The molecule has 0 aliphatic heterocycles. The van der Waals surface area contributed by atoms with Gasteiger partial charge in [-0.2, -0.15) is 0 Å². The first-order valence-corrected chi connectivity index (χ1v) is 3.26. The van der Waals surface area contributed by atoms with Crippen LogP contribution in [-0.2, 0) is 0 Å². The van der Waals surface area contributed by atoms with Crippen molar-refractivity contribution in [3.8, 4) is 0 Å². The van der Waals surface area contributed by atoms with Crippen LogP contribution in [0.5, 0.6) is 0 Å². The zero-order valence-corrected chi connectivity index (χ0v) is 7.05. The zero-order valence-electron chi connectivity index (χ0n) is 7.05. The Kier molecular flexibility index (Phi) is 4.37. The summed E-state index contributed by atoms with van der Waals surface area (Å²) in [6.07, 6.45) is 3.65. The Labute approximate surface area is 62.4 Å². The van der Waals surface area contributed by atoms with Gasteiger partial charge in [0, 0.05) is 27.3 Å². The van der Waals surface area contributed by atoms with Crippen molar-refractivity contribution in [3.63, 3.8) is 0 Å². The summed E-state index contributed by atoms with van der Waals surface area (Å²) in [5.41, 5.74) is 0. The quantitative estimate of drug-likeness (QED) is 0.429. The van der Waals surface area contributed by atoms with Gasteiger partial charge < -0.3 is 10.2 Å². The maximum atomic E-state index is 4.11. The molecule has 0 aliphatic carbocycles. The van der Waals surface area contributed by atoms with E-state index in [0.29, 0.717) is 0 Å². The summed E-state index contributed by atoms with van der Waals surface area (Å²) in [7, 11) is 5.74. The third-order valence-corrected chi connectivity index (χ3v) is 0.993. The summed E-state index contributed by atoms with van der Waals surface area (Å²) in [6.45, 7) is 1.94. The molecule has 0 atom stereocenters. The molecule has 0 spiro atoms. The predicted molar refractivity (Wildman–Crippen MR) is 45.0 cm³/mol. The van der Waals surface area contributed by atoms with Crippen LogP contribution in [0.1, 0.15) is 6.92 Å². The second kappa shape index (κ2) is 4.85. The lowest BCUT2D eigenvalue weighted by molar-refractivity contribution is 0.597. The normalized spacial score (nSPS) is 12.2. The average Bonchev–Trinajstić information content (AvgIpc) is 1.89. The van der Waals surface area contributed by atoms with Crippen LogP contribution in [-0.4, -0.2) is 32.0 Å². The highest BCUT2D eigenvalue weighted by atomic mass is 15.2. The SMILES string of the molecule is C/C=C/N=C(/NC)N(C)C. The monoisotopic (exact) mass is 141 g/mol. The second-order valence-electron chi connectivity index (χ2n) is 2.08. The fourth-order valence-corrected chi connectivity index (χ4v) is 0.549. The zero-order chi connectivity index (χ0) is 7.98. The minimum Gasteiger partial charge on any atom is -0.359 e. The molecule has 3 heteroatoms. The van der Waals surface area contributed by atoms with Crippen LogP contribution in [0.3, 0.4) is 0 Å². The first kappa shape index (κ1) is 9.01. The number of hydrogen-bond donors (Lipinski definition) is 1. The van der Waals surface area contributed by atoms with Crippen molar-refractivity contribution in [1.29, 1.82) is 0 Å². The lowest BCUT2D eigenvalue weighted by Crippen LogP contribution is -2.33. The van der Waals surface area contributed by atoms with Crippen molar-refractivity contribution >= 4 is 5.96 Å². The topological polar surface area (TPSA) is 27.6 Å². The Morgan fingerprint density at radius 1 is 1.50 bits per heavy atom. The smallest absolute Gasteiger partial charge is 0.197 e. The van der Waals surface area contributed by atoms with Crippen LogP contribution in [0.4, 0.5) is 0 Å². The number of aliphatic imine (C=N–C) groups is 1. The molecule has 0 aromatic rings. The molecule has 0 heterocycles. The first-order chi connectivity index (χ1) is 4.72. The number of guanidine groups is 1. The molecular formula is C7H15N3. The Morgan fingerprint density at radius 2 is 2.10 bits per heavy atom. The lowest BCUT2D eigenvalue weighted by atomic mass is 10.7. The molecule has 0 bridgehead atoms. The maximum absolute atomic E-state index is 4.11. The molecule has 0 fully saturated rings. The van der Waals surface area contributed by atoms with E-state index >= 15 is 0 Å². The molecule has 0 unspecified atom stereocenters. The first-order valence-electron chi connectivity index (χ1n) is 3.26. The molecule has 0 aromatic heterocycles. The van der Waals surface area contributed by atoms with Gasteiger partial charge in [0.05, 0.1) is 0 Å². The van der Waals surface area contributed by atoms with E-state index in [-0.39, 0.29) is 0 Å². The molecule has 0 aliphatic rings. The predicted octanol–water partition coefficient (Wildman–Crippen LogP) is 0.657. The summed E-state index contributed by atoms with van der Waals surface area (Å²) in [5.74, 6) is 0.859. The van der Waals surface area contributed by atoms with Crippen LogP contribution < -0.4 is 5.32 Å². The number of allylic oxidation sites excluding steroid dienone is 1. The molecule has 3 nitrogen and oxygen atoms in total. The van der Waals surface area contributed by atoms with E-state index in [1.807, 2.05) is 39.0 Å². The van der Waals surface area contributed by atoms with Crippen LogP contribution in [0.2, 0.25) is 0 Å². The van der Waals surface area contributed by atoms with Crippen LogP contribution >= 0.6 is 0 Å². The third kappa shape index (κ3) is 3.12. The number of nitrogens with one attached hydrogen (secondary N) is 1. The Balaban J connectivity index is 4.04. The molecule has 0 saturated carbocycles. The molecule has 58 valence electrons. The number of rotatable bonds is 1. The van der Waals surface area contributed by atoms with Gasteiger partial charge in [-0.05, 0) is 6.92 Å². The lowest BCUT2D eigenvalue weighted by Gasteiger charge is -2.13. The minimum atomic E-state index is 0.859. The van der Waals surface area contributed by atoms with E-state index in [9.17, 15) is 0 Å². The largest absolute Gasteiger partial charge is 0.359 e. The highest BCUT2D eigenvalue weighted by Gasteiger charge is 1.92. The molecular weight excluding hydrogens is 126 g/mol. The van der Waals surface area contributed by atoms with Gasteiger partial charge in [0.2, 0.25) is 0 Å². The molecule has 0 aromatic carbocycles. The van der Waals surface area contributed by atoms with Gasteiger partial charge in [-0.3, -0.25) is 0 Å². The fraction of sp³-hybridized carbons (Fsp3) is 0.571. The van der Waals surface area contributed by atoms with E-state index in [0.717, 1.165) is 5.96 Å². The standard InChI is InChI=1S/C7H15N3/c1-5-6-9-7(8-2)10(3)4/h5-6H,1-4H3,(H,8,9)/b6-5+. The Morgan fingerprint density at radius 3 is 2.40 bits per heavy atom.